The smallest absolute Gasteiger partial charge is 0.451 e. The van der Waals surface area contributed by atoms with E-state index in [-0.39, 0.29) is 25.7 Å². The molecule has 2 heterocycles. The van der Waals surface area contributed by atoms with Crippen LogP contribution in [0.1, 0.15) is 12.8 Å². The second-order valence-corrected chi connectivity index (χ2v) is 8.44. The van der Waals surface area contributed by atoms with Crippen LogP contribution < -0.4 is 15.8 Å². The van der Waals surface area contributed by atoms with E-state index in [4.69, 9.17) is 27.6 Å². The summed E-state index contributed by atoms with van der Waals surface area (Å²) in [5.74, 6) is -2.08. The van der Waals surface area contributed by atoms with Crippen LogP contribution >= 0.6 is 0 Å². The molecule has 2 rings (SSSR count). The van der Waals surface area contributed by atoms with E-state index in [0.717, 1.165) is 4.31 Å². The number of aliphatic carboxylic acids is 1. The van der Waals surface area contributed by atoms with Crippen molar-refractivity contribution in [3.05, 3.63) is 11.4 Å². The first-order valence-corrected chi connectivity index (χ1v) is 9.67. The third-order valence-electron chi connectivity index (χ3n) is 4.96. The topological polar surface area (TPSA) is 193 Å². The molecule has 7 N–H and O–H groups in total. The maximum absolute atomic E-state index is 12.6. The number of nitrogens with one attached hydrogen (secondary N) is 2. The summed E-state index contributed by atoms with van der Waals surface area (Å²) < 4.78 is 28.5. The van der Waals surface area contributed by atoms with Gasteiger partial charge in [-0.05, 0) is 12.7 Å². The van der Waals surface area contributed by atoms with Crippen LogP contribution in [-0.2, 0) is 15.0 Å². The molecule has 2 fully saturated rings. The summed E-state index contributed by atoms with van der Waals surface area (Å²) >= 11 is 0. The number of nitriles is 1. The molecule has 0 amide bonds. The van der Waals surface area contributed by atoms with E-state index >= 15 is 0 Å². The van der Waals surface area contributed by atoms with Crippen molar-refractivity contribution >= 4 is 23.3 Å². The van der Waals surface area contributed by atoms with Crippen LogP contribution in [0.2, 0.25) is 6.32 Å². The summed E-state index contributed by atoms with van der Waals surface area (Å²) in [6, 6.07) is 0.0423. The van der Waals surface area contributed by atoms with E-state index < -0.39 is 59.5 Å². The van der Waals surface area contributed by atoms with E-state index in [0.29, 0.717) is 0 Å². The van der Waals surface area contributed by atoms with Crippen molar-refractivity contribution in [1.82, 2.24) is 14.3 Å². The van der Waals surface area contributed by atoms with Crippen molar-refractivity contribution in [2.24, 2.45) is 11.7 Å². The van der Waals surface area contributed by atoms with E-state index in [2.05, 4.69) is 14.9 Å². The zero-order valence-corrected chi connectivity index (χ0v) is 15.1. The summed E-state index contributed by atoms with van der Waals surface area (Å²) in [5.41, 5.74) is 4.14. The Kier molecular flexibility index (Phi) is 6.44. The zero-order chi connectivity index (χ0) is 20.4. The van der Waals surface area contributed by atoms with Crippen LogP contribution in [0.3, 0.4) is 0 Å². The molecule has 2 saturated heterocycles. The molecule has 0 bridgehead atoms. The highest BCUT2D eigenvalue weighted by atomic mass is 32.2. The Morgan fingerprint density at radius 2 is 2.22 bits per heavy atom. The molecule has 27 heavy (non-hydrogen) atoms. The first-order valence-electron chi connectivity index (χ1n) is 8.23. The molecule has 0 spiro atoms. The van der Waals surface area contributed by atoms with E-state index in [1.54, 1.807) is 0 Å². The van der Waals surface area contributed by atoms with Crippen molar-refractivity contribution in [3.8, 4) is 6.07 Å². The summed E-state index contributed by atoms with van der Waals surface area (Å²) in [4.78, 5) is 14.8. The van der Waals surface area contributed by atoms with Gasteiger partial charge in [0.15, 0.2) is 0 Å². The van der Waals surface area contributed by atoms with Gasteiger partial charge in [0.2, 0.25) is 0 Å². The maximum atomic E-state index is 12.6. The highest BCUT2D eigenvalue weighted by molar-refractivity contribution is 7.87. The monoisotopic (exact) mass is 400 g/mol. The molecule has 2 aliphatic heterocycles. The predicted octanol–water partition coefficient (Wildman–Crippen LogP) is -3.10. The fraction of sp³-hybridized carbons (Fsp3) is 0.769. The Hall–Kier alpha value is -1.78. The van der Waals surface area contributed by atoms with Crippen LogP contribution in [0.4, 0.5) is 0 Å². The Balaban J connectivity index is 2.12. The molecule has 0 saturated carbocycles. The maximum Gasteiger partial charge on any atom is 0.451 e. The largest absolute Gasteiger partial charge is 0.480 e. The number of nitrogens with zero attached hydrogens (tertiary/aromatic N) is 3. The van der Waals surface area contributed by atoms with Crippen LogP contribution in [0.15, 0.2) is 0 Å². The van der Waals surface area contributed by atoms with Gasteiger partial charge in [-0.1, -0.05) is 6.42 Å². The Labute approximate surface area is 157 Å². The zero-order valence-electron chi connectivity index (χ0n) is 14.3. The van der Waals surface area contributed by atoms with Crippen LogP contribution in [0.25, 0.3) is 4.85 Å². The molecule has 0 aliphatic carbocycles. The molecular formula is C13H21BN6O6S. The van der Waals surface area contributed by atoms with Crippen molar-refractivity contribution in [1.29, 1.82) is 5.26 Å². The lowest BCUT2D eigenvalue weighted by Gasteiger charge is -2.35. The van der Waals surface area contributed by atoms with Gasteiger partial charge in [-0.3, -0.25) is 9.64 Å². The lowest BCUT2D eigenvalue weighted by molar-refractivity contribution is -0.144. The van der Waals surface area contributed by atoms with Gasteiger partial charge >= 0.3 is 13.1 Å². The van der Waals surface area contributed by atoms with Crippen molar-refractivity contribution in [2.45, 2.75) is 43.0 Å². The van der Waals surface area contributed by atoms with Gasteiger partial charge in [0.1, 0.15) is 17.6 Å². The summed E-state index contributed by atoms with van der Waals surface area (Å²) in [7, 11) is -5.72. The average molecular weight is 400 g/mol. The molecule has 3 unspecified atom stereocenters. The van der Waals surface area contributed by atoms with Crippen molar-refractivity contribution in [2.75, 3.05) is 13.1 Å². The van der Waals surface area contributed by atoms with Crippen molar-refractivity contribution in [3.63, 3.8) is 0 Å². The van der Waals surface area contributed by atoms with Gasteiger partial charge in [0, 0.05) is 19.0 Å². The van der Waals surface area contributed by atoms with Crippen LogP contribution in [0.5, 0.6) is 0 Å². The highest BCUT2D eigenvalue weighted by Crippen LogP contribution is 2.32. The summed E-state index contributed by atoms with van der Waals surface area (Å²) in [6.45, 7) is 6.37. The molecule has 5 atom stereocenters. The minimum Gasteiger partial charge on any atom is -0.480 e. The van der Waals surface area contributed by atoms with Gasteiger partial charge < -0.3 is 20.9 Å². The van der Waals surface area contributed by atoms with Crippen molar-refractivity contribution < 1.29 is 28.4 Å². The standard InChI is InChI=1S/C13H21BN6O6S/c1-17-11-10(9(5-15)18-11)19-27(25,26)20-6-8(3-2-4-14(23)24)13(16,7-20)12(21)22/h8-11,18-19,23-24H,2-4,6-7,16H2,(H,21,22)/t8-,9?,10?,11?,13-/m0/s1. The number of carboxylic acids is 1. The Morgan fingerprint density at radius 3 is 2.74 bits per heavy atom. The minimum atomic E-state index is -4.18. The molecule has 0 aromatic heterocycles. The summed E-state index contributed by atoms with van der Waals surface area (Å²) in [5, 5.41) is 38.9. The second kappa shape index (κ2) is 8.08. The van der Waals surface area contributed by atoms with Gasteiger partial charge in [-0.15, -0.1) is 0 Å². The van der Waals surface area contributed by atoms with Gasteiger partial charge in [-0.2, -0.15) is 22.7 Å². The number of nitrogens with two attached hydrogens (primary N) is 1. The number of carboxylic acid groups (broad SMARTS) is 1. The fourth-order valence-corrected chi connectivity index (χ4v) is 4.80. The molecule has 0 radical (unpaired) electrons. The number of hydrogen-bond acceptors (Lipinski definition) is 8. The van der Waals surface area contributed by atoms with E-state index in [1.807, 2.05) is 6.07 Å². The molecule has 0 aromatic carbocycles. The lowest BCUT2D eigenvalue weighted by atomic mass is 9.78. The Bertz CT molecular complexity index is 746. The molecule has 12 nitrogen and oxygen atoms in total. The average Bonchev–Trinajstić information content (AvgIpc) is 2.92. The first-order chi connectivity index (χ1) is 12.5. The molecule has 148 valence electrons. The minimum absolute atomic E-state index is 0.0154. The summed E-state index contributed by atoms with van der Waals surface area (Å²) in [6.07, 6.45) is -0.403. The van der Waals surface area contributed by atoms with E-state index in [1.165, 1.54) is 0 Å². The number of hydrogen-bond donors (Lipinski definition) is 6. The first kappa shape index (κ1) is 21.5. The molecule has 0 aromatic rings. The normalized spacial score (nSPS) is 33.7. The quantitative estimate of drug-likeness (QED) is 0.181. The van der Waals surface area contributed by atoms with Gasteiger partial charge in [-0.25, -0.2) is 11.9 Å². The highest BCUT2D eigenvalue weighted by Gasteiger charge is 2.54. The third kappa shape index (κ3) is 4.39. The molecular weight excluding hydrogens is 379 g/mol. The van der Waals surface area contributed by atoms with Crippen LogP contribution in [-0.4, -0.2) is 77.8 Å². The third-order valence-corrected chi connectivity index (χ3v) is 6.48. The second-order valence-electron chi connectivity index (χ2n) is 6.74. The lowest BCUT2D eigenvalue weighted by Crippen LogP contribution is -2.70. The van der Waals surface area contributed by atoms with Gasteiger partial charge in [0.05, 0.1) is 6.07 Å². The molecule has 14 heteroatoms. The SMILES string of the molecule is [C-]#[N+]C1NC(C#N)C1NS(=O)(=O)N1C[C@H](CCCB(O)O)[C@](N)(C(=O)O)C1. The molecule has 2 aliphatic rings. The Morgan fingerprint density at radius 1 is 1.56 bits per heavy atom. The number of carbonyl (C=O) groups is 1. The predicted molar refractivity (Wildman–Crippen MR) is 92.6 cm³/mol. The number of rotatable bonds is 8. The fourth-order valence-electron chi connectivity index (χ4n) is 3.28. The van der Waals surface area contributed by atoms with Crippen LogP contribution in [0, 0.1) is 23.8 Å². The van der Waals surface area contributed by atoms with E-state index in [9.17, 15) is 18.3 Å². The van der Waals surface area contributed by atoms with Gasteiger partial charge in [0.25, 0.3) is 16.4 Å².